The second-order valence-corrected chi connectivity index (χ2v) is 3.02. The third kappa shape index (κ3) is 1.11. The van der Waals surface area contributed by atoms with Crippen LogP contribution in [0.3, 0.4) is 0 Å². The predicted octanol–water partition coefficient (Wildman–Crippen LogP) is -1.29. The first-order chi connectivity index (χ1) is 5.55. The predicted molar refractivity (Wildman–Crippen MR) is 41.3 cm³/mol. The standard InChI is InChI=1S/C7H12N2O3/c8-3-1-2-4-5(10)7(4,9)6(11)12/h4H,1-3,8-9H2,(H,11,12)/t4?,7-/m1/s1. The normalized spacial score (nSPS) is 33.5. The number of carboxylic acids is 1. The molecular formula is C7H12N2O3. The van der Waals surface area contributed by atoms with Gasteiger partial charge in [0, 0.05) is 0 Å². The van der Waals surface area contributed by atoms with E-state index in [1.54, 1.807) is 0 Å². The third-order valence-corrected chi connectivity index (χ3v) is 2.24. The van der Waals surface area contributed by atoms with Crippen molar-refractivity contribution in [1.82, 2.24) is 0 Å². The van der Waals surface area contributed by atoms with E-state index in [-0.39, 0.29) is 5.78 Å². The van der Waals surface area contributed by atoms with E-state index < -0.39 is 17.4 Å². The SMILES string of the molecule is NCCCC1C(=O)[C@@]1(N)C(=O)O. The number of nitrogens with two attached hydrogens (primary N) is 2. The summed E-state index contributed by atoms with van der Waals surface area (Å²) in [5, 5.41) is 8.58. The van der Waals surface area contributed by atoms with Gasteiger partial charge in [-0.15, -0.1) is 0 Å². The summed E-state index contributed by atoms with van der Waals surface area (Å²) < 4.78 is 0. The molecule has 68 valence electrons. The van der Waals surface area contributed by atoms with E-state index in [9.17, 15) is 9.59 Å². The lowest BCUT2D eigenvalue weighted by molar-refractivity contribution is -0.141. The second-order valence-electron chi connectivity index (χ2n) is 3.02. The summed E-state index contributed by atoms with van der Waals surface area (Å²) in [5.74, 6) is -2.11. The summed E-state index contributed by atoms with van der Waals surface area (Å²) in [6.07, 6.45) is 1.13. The lowest BCUT2D eigenvalue weighted by atomic mass is 10.1. The van der Waals surface area contributed by atoms with Crippen molar-refractivity contribution >= 4 is 11.8 Å². The van der Waals surface area contributed by atoms with Crippen LogP contribution in [0.5, 0.6) is 0 Å². The van der Waals surface area contributed by atoms with E-state index >= 15 is 0 Å². The molecule has 1 aliphatic rings. The minimum Gasteiger partial charge on any atom is -0.480 e. The highest BCUT2D eigenvalue weighted by molar-refractivity contribution is 6.23. The first-order valence-corrected chi connectivity index (χ1v) is 3.81. The summed E-state index contributed by atoms with van der Waals surface area (Å²) in [6, 6.07) is 0. The topological polar surface area (TPSA) is 106 Å². The maximum absolute atomic E-state index is 10.9. The fourth-order valence-electron chi connectivity index (χ4n) is 1.32. The van der Waals surface area contributed by atoms with Crippen molar-refractivity contribution < 1.29 is 14.7 Å². The number of carbonyl (C=O) groups is 2. The van der Waals surface area contributed by atoms with Crippen molar-refractivity contribution in [1.29, 1.82) is 0 Å². The van der Waals surface area contributed by atoms with Crippen LogP contribution in [0.2, 0.25) is 0 Å². The molecule has 2 atom stereocenters. The maximum atomic E-state index is 10.9. The van der Waals surface area contributed by atoms with Crippen LogP contribution in [0.25, 0.3) is 0 Å². The van der Waals surface area contributed by atoms with Crippen molar-refractivity contribution in [3.8, 4) is 0 Å². The van der Waals surface area contributed by atoms with Gasteiger partial charge in [-0.1, -0.05) is 0 Å². The molecule has 1 saturated carbocycles. The molecule has 0 radical (unpaired) electrons. The summed E-state index contributed by atoms with van der Waals surface area (Å²) >= 11 is 0. The van der Waals surface area contributed by atoms with Crippen molar-refractivity contribution in [2.75, 3.05) is 6.54 Å². The average molecular weight is 172 g/mol. The molecule has 0 aromatic rings. The van der Waals surface area contributed by atoms with Crippen LogP contribution in [0.1, 0.15) is 12.8 Å². The minimum atomic E-state index is -1.60. The summed E-state index contributed by atoms with van der Waals surface area (Å²) in [6.45, 7) is 0.458. The highest BCUT2D eigenvalue weighted by atomic mass is 16.4. The molecule has 0 bridgehead atoms. The number of hydrogen-bond donors (Lipinski definition) is 3. The Morgan fingerprint density at radius 3 is 2.58 bits per heavy atom. The van der Waals surface area contributed by atoms with Gasteiger partial charge in [0.25, 0.3) is 0 Å². The number of ketones is 1. The Balaban J connectivity index is 2.52. The number of Topliss-reactive ketones (excluding diaryl/α,β-unsaturated/α-hetero) is 1. The zero-order valence-electron chi connectivity index (χ0n) is 6.62. The monoisotopic (exact) mass is 172 g/mol. The van der Waals surface area contributed by atoms with Crippen LogP contribution in [0.15, 0.2) is 0 Å². The molecule has 12 heavy (non-hydrogen) atoms. The van der Waals surface area contributed by atoms with Crippen LogP contribution < -0.4 is 11.5 Å². The van der Waals surface area contributed by atoms with Gasteiger partial charge in [-0.3, -0.25) is 4.79 Å². The van der Waals surface area contributed by atoms with Gasteiger partial charge in [0.15, 0.2) is 11.3 Å². The lowest BCUT2D eigenvalue weighted by Crippen LogP contribution is -2.37. The molecule has 5 heteroatoms. The zero-order valence-corrected chi connectivity index (χ0v) is 6.62. The van der Waals surface area contributed by atoms with Crippen LogP contribution >= 0.6 is 0 Å². The van der Waals surface area contributed by atoms with Crippen LogP contribution in [-0.2, 0) is 9.59 Å². The molecule has 1 unspecified atom stereocenters. The Kier molecular flexibility index (Phi) is 2.16. The second kappa shape index (κ2) is 2.84. The van der Waals surface area contributed by atoms with Gasteiger partial charge in [0.05, 0.1) is 5.92 Å². The van der Waals surface area contributed by atoms with Gasteiger partial charge in [0.1, 0.15) is 0 Å². The minimum absolute atomic E-state index is 0.372. The highest BCUT2D eigenvalue weighted by Gasteiger charge is 2.67. The molecule has 0 aromatic carbocycles. The Labute approximate surface area is 69.7 Å². The molecule has 1 fully saturated rings. The average Bonchev–Trinajstić information content (AvgIpc) is 2.54. The largest absolute Gasteiger partial charge is 0.480 e. The fraction of sp³-hybridized carbons (Fsp3) is 0.714. The Morgan fingerprint density at radius 2 is 2.25 bits per heavy atom. The fourth-order valence-corrected chi connectivity index (χ4v) is 1.32. The summed E-state index contributed by atoms with van der Waals surface area (Å²) in [7, 11) is 0. The number of aliphatic carboxylic acids is 1. The molecule has 5 N–H and O–H groups in total. The van der Waals surface area contributed by atoms with E-state index in [0.717, 1.165) is 0 Å². The van der Waals surface area contributed by atoms with E-state index in [2.05, 4.69) is 0 Å². The molecule has 5 nitrogen and oxygen atoms in total. The van der Waals surface area contributed by atoms with Crippen molar-refractivity contribution in [3.63, 3.8) is 0 Å². The van der Waals surface area contributed by atoms with E-state index in [0.29, 0.717) is 19.4 Å². The lowest BCUT2D eigenvalue weighted by Gasteiger charge is -2.00. The van der Waals surface area contributed by atoms with E-state index in [4.69, 9.17) is 16.6 Å². The first kappa shape index (κ1) is 9.15. The summed E-state index contributed by atoms with van der Waals surface area (Å²) in [4.78, 5) is 21.4. The van der Waals surface area contributed by atoms with Crippen molar-refractivity contribution in [2.24, 2.45) is 17.4 Å². The first-order valence-electron chi connectivity index (χ1n) is 3.81. The van der Waals surface area contributed by atoms with Gasteiger partial charge in [0.2, 0.25) is 0 Å². The Morgan fingerprint density at radius 1 is 1.67 bits per heavy atom. The van der Waals surface area contributed by atoms with Crippen molar-refractivity contribution in [3.05, 3.63) is 0 Å². The molecule has 0 spiro atoms. The molecule has 0 aliphatic heterocycles. The third-order valence-electron chi connectivity index (χ3n) is 2.24. The van der Waals surface area contributed by atoms with E-state index in [1.165, 1.54) is 0 Å². The number of hydrogen-bond acceptors (Lipinski definition) is 4. The van der Waals surface area contributed by atoms with Crippen LogP contribution in [0.4, 0.5) is 0 Å². The van der Waals surface area contributed by atoms with Gasteiger partial charge < -0.3 is 16.6 Å². The Bertz CT molecular complexity index is 229. The molecule has 0 amide bonds. The Hall–Kier alpha value is -0.940. The van der Waals surface area contributed by atoms with Gasteiger partial charge in [-0.25, -0.2) is 4.79 Å². The summed E-state index contributed by atoms with van der Waals surface area (Å²) in [5.41, 5.74) is 8.94. The van der Waals surface area contributed by atoms with Gasteiger partial charge >= 0.3 is 5.97 Å². The smallest absolute Gasteiger partial charge is 0.332 e. The molecule has 0 aromatic heterocycles. The molecule has 1 aliphatic carbocycles. The van der Waals surface area contributed by atoms with Crippen LogP contribution in [0, 0.1) is 5.92 Å². The molecular weight excluding hydrogens is 160 g/mol. The number of carbonyl (C=O) groups excluding carboxylic acids is 1. The quantitative estimate of drug-likeness (QED) is 0.457. The number of carboxylic acid groups (broad SMARTS) is 1. The van der Waals surface area contributed by atoms with Gasteiger partial charge in [-0.2, -0.15) is 0 Å². The van der Waals surface area contributed by atoms with E-state index in [1.807, 2.05) is 0 Å². The molecule has 1 rings (SSSR count). The molecule has 0 heterocycles. The zero-order chi connectivity index (χ0) is 9.35. The molecule has 0 saturated heterocycles. The highest BCUT2D eigenvalue weighted by Crippen LogP contribution is 2.39. The van der Waals surface area contributed by atoms with Gasteiger partial charge in [-0.05, 0) is 19.4 Å². The number of rotatable bonds is 4. The van der Waals surface area contributed by atoms with Crippen molar-refractivity contribution in [2.45, 2.75) is 18.4 Å². The van der Waals surface area contributed by atoms with Crippen LogP contribution in [-0.4, -0.2) is 28.9 Å². The maximum Gasteiger partial charge on any atom is 0.332 e.